The van der Waals surface area contributed by atoms with Gasteiger partial charge in [-0.2, -0.15) is 10.2 Å². The van der Waals surface area contributed by atoms with E-state index in [0.717, 1.165) is 24.7 Å². The van der Waals surface area contributed by atoms with Gasteiger partial charge in [0.05, 0.1) is 18.8 Å². The Hall–Kier alpha value is -2.45. The van der Waals surface area contributed by atoms with Crippen molar-refractivity contribution in [1.82, 2.24) is 4.90 Å². The molecular formula is C21H26F3N5O. The molecule has 2 fully saturated rings. The van der Waals surface area contributed by atoms with Gasteiger partial charge in [-0.1, -0.05) is 6.92 Å². The van der Waals surface area contributed by atoms with Crippen molar-refractivity contribution in [3.63, 3.8) is 0 Å². The monoisotopic (exact) mass is 421 g/mol. The summed E-state index contributed by atoms with van der Waals surface area (Å²) in [5, 5.41) is 15.6. The van der Waals surface area contributed by atoms with Gasteiger partial charge in [0, 0.05) is 31.4 Å². The van der Waals surface area contributed by atoms with Gasteiger partial charge in [0.15, 0.2) is 11.6 Å². The standard InChI is InChI=1S/C21H26F3N5O/c1-13(7-19(26-12-25)29-6-5-21(23,24)11-29)15-10-27-28-17-9-16(22)18(8-14(15)17)30-20(2)3-4-20/h8-9,12-13,15,25H,3-7,10-11H2,1-2H3. The molecule has 6 nitrogen and oxygen atoms in total. The van der Waals surface area contributed by atoms with E-state index in [1.54, 1.807) is 11.0 Å². The van der Waals surface area contributed by atoms with Gasteiger partial charge in [-0.3, -0.25) is 5.41 Å². The smallest absolute Gasteiger partial charge is 0.266 e. The van der Waals surface area contributed by atoms with E-state index in [-0.39, 0.29) is 42.7 Å². The summed E-state index contributed by atoms with van der Waals surface area (Å²) in [7, 11) is 0. The van der Waals surface area contributed by atoms with Crippen LogP contribution < -0.4 is 4.74 Å². The minimum absolute atomic E-state index is 0.0225. The quantitative estimate of drug-likeness (QED) is 0.499. The number of fused-ring (bicyclic) bond motifs is 1. The van der Waals surface area contributed by atoms with E-state index in [9.17, 15) is 13.2 Å². The third-order valence-corrected chi connectivity index (χ3v) is 6.19. The summed E-state index contributed by atoms with van der Waals surface area (Å²) in [5.41, 5.74) is 1.01. The average molecular weight is 421 g/mol. The van der Waals surface area contributed by atoms with Crippen LogP contribution in [0, 0.1) is 17.1 Å². The number of nitrogens with one attached hydrogen (secondary N) is 1. The largest absolute Gasteiger partial charge is 0.484 e. The number of aliphatic imine (C=N–C) groups is 1. The number of hydrogen-bond acceptors (Lipinski definition) is 4. The second kappa shape index (κ2) is 7.67. The van der Waals surface area contributed by atoms with Gasteiger partial charge in [-0.15, -0.1) is 0 Å². The molecule has 2 atom stereocenters. The van der Waals surface area contributed by atoms with Crippen LogP contribution in [0.4, 0.5) is 18.9 Å². The summed E-state index contributed by atoms with van der Waals surface area (Å²) >= 11 is 0. The maximum Gasteiger partial charge on any atom is 0.266 e. The highest BCUT2D eigenvalue weighted by molar-refractivity contribution is 5.88. The normalized spacial score (nSPS) is 25.0. The molecule has 0 amide bonds. The molecule has 0 bridgehead atoms. The predicted octanol–water partition coefficient (Wildman–Crippen LogP) is 5.31. The Morgan fingerprint density at radius 1 is 1.40 bits per heavy atom. The molecule has 30 heavy (non-hydrogen) atoms. The lowest BCUT2D eigenvalue weighted by molar-refractivity contribution is 0.0174. The number of amidine groups is 1. The first-order valence-electron chi connectivity index (χ1n) is 10.3. The van der Waals surface area contributed by atoms with E-state index in [1.165, 1.54) is 6.07 Å². The van der Waals surface area contributed by atoms with Crippen LogP contribution in [0.15, 0.2) is 27.4 Å². The number of azo groups is 1. The van der Waals surface area contributed by atoms with E-state index in [4.69, 9.17) is 10.1 Å². The van der Waals surface area contributed by atoms with E-state index in [1.807, 2.05) is 13.8 Å². The Morgan fingerprint density at radius 3 is 2.80 bits per heavy atom. The lowest BCUT2D eigenvalue weighted by atomic mass is 9.83. The Morgan fingerprint density at radius 2 is 2.17 bits per heavy atom. The van der Waals surface area contributed by atoms with Crippen LogP contribution in [0.3, 0.4) is 0 Å². The molecular weight excluding hydrogens is 395 g/mol. The van der Waals surface area contributed by atoms with E-state index in [0.29, 0.717) is 24.5 Å². The topological polar surface area (TPSA) is 73.4 Å². The van der Waals surface area contributed by atoms with E-state index < -0.39 is 11.7 Å². The second-order valence-electron chi connectivity index (χ2n) is 8.81. The molecule has 2 unspecified atom stereocenters. The molecule has 2 aliphatic heterocycles. The van der Waals surface area contributed by atoms with Crippen molar-refractivity contribution < 1.29 is 17.9 Å². The predicted molar refractivity (Wildman–Crippen MR) is 108 cm³/mol. The van der Waals surface area contributed by atoms with Gasteiger partial charge in [0.1, 0.15) is 17.8 Å². The minimum Gasteiger partial charge on any atom is -0.484 e. The molecule has 1 aromatic carbocycles. The van der Waals surface area contributed by atoms with Crippen molar-refractivity contribution in [2.45, 2.75) is 57.0 Å². The SMILES string of the molecule is CC(CC(=NC=N)N1CCC(F)(F)C1)C1CN=Nc2cc(F)c(OC3(C)CC3)cc21. The highest BCUT2D eigenvalue weighted by atomic mass is 19.3. The maximum absolute atomic E-state index is 14.5. The van der Waals surface area contributed by atoms with Crippen LogP contribution in [-0.4, -0.2) is 48.2 Å². The zero-order chi connectivity index (χ0) is 21.5. The summed E-state index contributed by atoms with van der Waals surface area (Å²) < 4.78 is 47.7. The van der Waals surface area contributed by atoms with Gasteiger partial charge < -0.3 is 9.64 Å². The van der Waals surface area contributed by atoms with E-state index >= 15 is 0 Å². The summed E-state index contributed by atoms with van der Waals surface area (Å²) in [5.74, 6) is -2.60. The highest BCUT2D eigenvalue weighted by Crippen LogP contribution is 2.45. The number of alkyl halides is 2. The van der Waals surface area contributed by atoms with E-state index in [2.05, 4.69) is 15.2 Å². The third kappa shape index (κ3) is 4.34. The fraction of sp³-hybridized carbons (Fsp3) is 0.619. The van der Waals surface area contributed by atoms with Crippen molar-refractivity contribution in [3.8, 4) is 5.75 Å². The van der Waals surface area contributed by atoms with Gasteiger partial charge >= 0.3 is 0 Å². The van der Waals surface area contributed by atoms with Crippen molar-refractivity contribution in [2.24, 2.45) is 21.1 Å². The Labute approximate surface area is 173 Å². The van der Waals surface area contributed by atoms with Crippen LogP contribution >= 0.6 is 0 Å². The molecule has 1 saturated heterocycles. The van der Waals surface area contributed by atoms with Crippen molar-refractivity contribution in [3.05, 3.63) is 23.5 Å². The molecule has 2 heterocycles. The maximum atomic E-state index is 14.5. The molecule has 9 heteroatoms. The lowest BCUT2D eigenvalue weighted by Gasteiger charge is -2.29. The van der Waals surface area contributed by atoms with Crippen molar-refractivity contribution in [2.75, 3.05) is 19.6 Å². The molecule has 0 spiro atoms. The average Bonchev–Trinajstić information content (AvgIpc) is 3.30. The summed E-state index contributed by atoms with van der Waals surface area (Å²) in [4.78, 5) is 5.62. The van der Waals surface area contributed by atoms with Gasteiger partial charge in [-0.25, -0.2) is 18.2 Å². The fourth-order valence-corrected chi connectivity index (χ4v) is 4.08. The molecule has 1 N–H and O–H groups in total. The van der Waals surface area contributed by atoms with Crippen LogP contribution in [0.2, 0.25) is 0 Å². The molecule has 0 aromatic heterocycles. The first-order chi connectivity index (χ1) is 14.2. The zero-order valence-electron chi connectivity index (χ0n) is 17.2. The lowest BCUT2D eigenvalue weighted by Crippen LogP contribution is -2.34. The van der Waals surface area contributed by atoms with Gasteiger partial charge in [-0.05, 0) is 37.3 Å². The van der Waals surface area contributed by atoms with Gasteiger partial charge in [0.25, 0.3) is 5.92 Å². The first kappa shape index (κ1) is 20.8. The number of likely N-dealkylation sites (tertiary alicyclic amines) is 1. The Balaban J connectivity index is 1.55. The highest BCUT2D eigenvalue weighted by Gasteiger charge is 2.42. The van der Waals surface area contributed by atoms with Crippen molar-refractivity contribution in [1.29, 1.82) is 5.41 Å². The molecule has 3 aliphatic rings. The van der Waals surface area contributed by atoms with Crippen LogP contribution in [0.5, 0.6) is 5.75 Å². The number of rotatable bonds is 6. The Bertz CT molecular complexity index is 897. The number of hydrogen-bond donors (Lipinski definition) is 1. The third-order valence-electron chi connectivity index (χ3n) is 6.19. The van der Waals surface area contributed by atoms with Crippen molar-refractivity contribution >= 4 is 17.9 Å². The first-order valence-corrected chi connectivity index (χ1v) is 10.3. The van der Waals surface area contributed by atoms with Crippen LogP contribution in [0.25, 0.3) is 0 Å². The molecule has 1 saturated carbocycles. The second-order valence-corrected chi connectivity index (χ2v) is 8.81. The summed E-state index contributed by atoms with van der Waals surface area (Å²) in [6, 6.07) is 3.07. The number of ether oxygens (including phenoxy) is 1. The van der Waals surface area contributed by atoms with Crippen LogP contribution in [-0.2, 0) is 0 Å². The Kier molecular flexibility index (Phi) is 5.32. The minimum atomic E-state index is -2.74. The number of nitrogens with zero attached hydrogens (tertiary/aromatic N) is 4. The van der Waals surface area contributed by atoms with Gasteiger partial charge in [0.2, 0.25) is 0 Å². The van der Waals surface area contributed by atoms with Crippen LogP contribution in [0.1, 0.15) is 51.0 Å². The molecule has 1 aliphatic carbocycles. The molecule has 1 aromatic rings. The zero-order valence-corrected chi connectivity index (χ0v) is 17.2. The molecule has 4 rings (SSSR count). The molecule has 162 valence electrons. The molecule has 0 radical (unpaired) electrons. The number of benzene rings is 1. The fourth-order valence-electron chi connectivity index (χ4n) is 4.08. The summed E-state index contributed by atoms with van der Waals surface area (Å²) in [6.45, 7) is 4.21. The number of halogens is 3. The summed E-state index contributed by atoms with van der Waals surface area (Å²) in [6.07, 6.45) is 2.89.